The van der Waals surface area contributed by atoms with Crippen molar-refractivity contribution in [2.24, 2.45) is 0 Å². The number of rotatable bonds is 4. The van der Waals surface area contributed by atoms with E-state index in [0.29, 0.717) is 11.1 Å². The molecular weight excluding hydrogens is 369 g/mol. The molecule has 0 fully saturated rings. The molecule has 1 amide bonds. The Morgan fingerprint density at radius 3 is 2.17 bits per heavy atom. The number of sulfonamides is 1. The molecule has 0 aliphatic heterocycles. The van der Waals surface area contributed by atoms with E-state index in [2.05, 4.69) is 0 Å². The van der Waals surface area contributed by atoms with Crippen molar-refractivity contribution in [3.63, 3.8) is 0 Å². The molecule has 0 spiro atoms. The van der Waals surface area contributed by atoms with Gasteiger partial charge in [0.2, 0.25) is 0 Å². The molecule has 0 heterocycles. The molecule has 0 radical (unpaired) electrons. The van der Waals surface area contributed by atoms with Gasteiger partial charge in [0.25, 0.3) is 15.9 Å². The number of carbonyl (C=O) groups is 1. The van der Waals surface area contributed by atoms with Crippen LogP contribution in [0.2, 0.25) is 5.02 Å². The van der Waals surface area contributed by atoms with Gasteiger partial charge >= 0.3 is 6.18 Å². The van der Waals surface area contributed by atoms with Crippen LogP contribution in [0.25, 0.3) is 0 Å². The maximum absolute atomic E-state index is 12.9. The second-order valence-corrected chi connectivity index (χ2v) is 6.65. The number of nitrogens with one attached hydrogen (secondary N) is 2. The van der Waals surface area contributed by atoms with Gasteiger partial charge in [-0.3, -0.25) is 10.2 Å². The van der Waals surface area contributed by atoms with E-state index < -0.39 is 32.6 Å². The Kier molecular flexibility index (Phi) is 5.16. The van der Waals surface area contributed by atoms with Crippen LogP contribution in [0.15, 0.2) is 53.4 Å². The molecule has 128 valence electrons. The van der Waals surface area contributed by atoms with Crippen molar-refractivity contribution in [3.05, 3.63) is 64.7 Å². The minimum absolute atomic E-state index is 0.0752. The second-order valence-electron chi connectivity index (χ2n) is 4.56. The van der Waals surface area contributed by atoms with Crippen molar-refractivity contribution >= 4 is 27.5 Å². The average molecular weight is 379 g/mol. The predicted octanol–water partition coefficient (Wildman–Crippen LogP) is 2.98. The van der Waals surface area contributed by atoms with Crippen LogP contribution in [0.3, 0.4) is 0 Å². The Morgan fingerprint density at radius 1 is 1.00 bits per heavy atom. The summed E-state index contributed by atoms with van der Waals surface area (Å²) in [5, 5.41) is 0.367. The number of hydrazine groups is 1. The number of amides is 1. The maximum Gasteiger partial charge on any atom is 0.417 e. The Bertz CT molecular complexity index is 852. The largest absolute Gasteiger partial charge is 0.417 e. The van der Waals surface area contributed by atoms with Crippen LogP contribution in [-0.4, -0.2) is 14.3 Å². The van der Waals surface area contributed by atoms with Crippen LogP contribution in [0.1, 0.15) is 15.9 Å². The summed E-state index contributed by atoms with van der Waals surface area (Å²) in [6.07, 6.45) is -4.86. The van der Waals surface area contributed by atoms with Crippen LogP contribution in [0.5, 0.6) is 0 Å². The second kappa shape index (κ2) is 6.80. The Balaban J connectivity index is 2.21. The molecule has 0 aromatic heterocycles. The summed E-state index contributed by atoms with van der Waals surface area (Å²) in [5.41, 5.74) is 0.589. The zero-order chi connectivity index (χ0) is 18.0. The van der Waals surface area contributed by atoms with Gasteiger partial charge in [-0.2, -0.15) is 13.2 Å². The standard InChI is InChI=1S/C14H10ClF3N2O3S/c15-10-7-5-9(6-8-10)13(21)19-20-24(22,23)12-4-2-1-3-11(12)14(16,17)18/h1-8,20H,(H,19,21). The molecule has 0 aliphatic carbocycles. The van der Waals surface area contributed by atoms with E-state index in [4.69, 9.17) is 11.6 Å². The summed E-state index contributed by atoms with van der Waals surface area (Å²) in [4.78, 5) is 12.5. The number of alkyl halides is 3. The summed E-state index contributed by atoms with van der Waals surface area (Å²) in [5.74, 6) is -0.847. The normalized spacial score (nSPS) is 12.0. The lowest BCUT2D eigenvalue weighted by atomic mass is 10.2. The molecular formula is C14H10ClF3N2O3S. The molecule has 0 bridgehead atoms. The zero-order valence-electron chi connectivity index (χ0n) is 11.8. The van der Waals surface area contributed by atoms with Crippen LogP contribution in [0.4, 0.5) is 13.2 Å². The molecule has 0 saturated heterocycles. The maximum atomic E-state index is 12.9. The number of hydrogen-bond donors (Lipinski definition) is 2. The van der Waals surface area contributed by atoms with Crippen LogP contribution >= 0.6 is 11.6 Å². The predicted molar refractivity (Wildman–Crippen MR) is 80.7 cm³/mol. The molecule has 5 nitrogen and oxygen atoms in total. The van der Waals surface area contributed by atoms with E-state index in [1.54, 1.807) is 4.83 Å². The van der Waals surface area contributed by atoms with E-state index in [-0.39, 0.29) is 5.56 Å². The van der Waals surface area contributed by atoms with Gasteiger partial charge in [0.05, 0.1) is 10.5 Å². The van der Waals surface area contributed by atoms with Crippen molar-refractivity contribution < 1.29 is 26.4 Å². The first-order valence-corrected chi connectivity index (χ1v) is 8.21. The van der Waals surface area contributed by atoms with Gasteiger partial charge in [0, 0.05) is 10.6 Å². The van der Waals surface area contributed by atoms with Crippen molar-refractivity contribution in [2.75, 3.05) is 0 Å². The van der Waals surface area contributed by atoms with E-state index in [1.807, 2.05) is 5.43 Å². The number of carbonyl (C=O) groups excluding carboxylic acids is 1. The van der Waals surface area contributed by atoms with Gasteiger partial charge in [-0.1, -0.05) is 23.7 Å². The highest BCUT2D eigenvalue weighted by atomic mass is 35.5. The number of benzene rings is 2. The van der Waals surface area contributed by atoms with Gasteiger partial charge in [-0.05, 0) is 36.4 Å². The fraction of sp³-hybridized carbons (Fsp3) is 0.0714. The van der Waals surface area contributed by atoms with Gasteiger partial charge in [-0.15, -0.1) is 4.83 Å². The molecule has 2 aromatic rings. The fourth-order valence-corrected chi connectivity index (χ4v) is 2.97. The van der Waals surface area contributed by atoms with Crippen molar-refractivity contribution in [3.8, 4) is 0 Å². The Morgan fingerprint density at radius 2 is 1.58 bits per heavy atom. The van der Waals surface area contributed by atoms with E-state index in [1.165, 1.54) is 24.3 Å². The summed E-state index contributed by atoms with van der Waals surface area (Å²) >= 11 is 5.66. The highest BCUT2D eigenvalue weighted by Crippen LogP contribution is 2.33. The summed E-state index contributed by atoms with van der Waals surface area (Å²) in [7, 11) is -4.61. The third-order valence-electron chi connectivity index (χ3n) is 2.89. The average Bonchev–Trinajstić information content (AvgIpc) is 2.52. The third kappa shape index (κ3) is 4.25. The molecule has 24 heavy (non-hydrogen) atoms. The first-order valence-electron chi connectivity index (χ1n) is 6.35. The van der Waals surface area contributed by atoms with E-state index >= 15 is 0 Å². The molecule has 0 atom stereocenters. The summed E-state index contributed by atoms with van der Waals surface area (Å²) in [6, 6.07) is 9.10. The van der Waals surface area contributed by atoms with Gasteiger partial charge in [0.15, 0.2) is 0 Å². The minimum atomic E-state index is -4.86. The SMILES string of the molecule is O=C(NNS(=O)(=O)c1ccccc1C(F)(F)F)c1ccc(Cl)cc1. The van der Waals surface area contributed by atoms with Gasteiger partial charge < -0.3 is 0 Å². The minimum Gasteiger partial charge on any atom is -0.273 e. The zero-order valence-corrected chi connectivity index (χ0v) is 13.3. The molecule has 0 saturated carbocycles. The smallest absolute Gasteiger partial charge is 0.273 e. The molecule has 2 aromatic carbocycles. The molecule has 2 rings (SSSR count). The molecule has 10 heteroatoms. The van der Waals surface area contributed by atoms with Crippen LogP contribution in [-0.2, 0) is 16.2 Å². The monoisotopic (exact) mass is 378 g/mol. The Hall–Kier alpha value is -2.10. The van der Waals surface area contributed by atoms with Crippen LogP contribution < -0.4 is 10.3 Å². The van der Waals surface area contributed by atoms with Crippen molar-refractivity contribution in [1.29, 1.82) is 0 Å². The van der Waals surface area contributed by atoms with Crippen molar-refractivity contribution in [1.82, 2.24) is 10.3 Å². The summed E-state index contributed by atoms with van der Waals surface area (Å²) in [6.45, 7) is 0. The first kappa shape index (κ1) is 18.2. The van der Waals surface area contributed by atoms with Gasteiger partial charge in [0.1, 0.15) is 0 Å². The number of halogens is 4. The summed E-state index contributed by atoms with van der Waals surface area (Å²) < 4.78 is 62.8. The molecule has 0 aliphatic rings. The third-order valence-corrected chi connectivity index (χ3v) is 4.45. The fourth-order valence-electron chi connectivity index (χ4n) is 1.78. The first-order chi connectivity index (χ1) is 11.1. The van der Waals surface area contributed by atoms with E-state index in [9.17, 15) is 26.4 Å². The topological polar surface area (TPSA) is 75.3 Å². The number of hydrogen-bond acceptors (Lipinski definition) is 3. The van der Waals surface area contributed by atoms with Crippen LogP contribution in [0, 0.1) is 0 Å². The Labute approximate surface area is 140 Å². The lowest BCUT2D eigenvalue weighted by Gasteiger charge is -2.14. The lowest BCUT2D eigenvalue weighted by Crippen LogP contribution is -2.42. The van der Waals surface area contributed by atoms with Gasteiger partial charge in [-0.25, -0.2) is 8.42 Å². The quantitative estimate of drug-likeness (QED) is 0.803. The highest BCUT2D eigenvalue weighted by Gasteiger charge is 2.36. The van der Waals surface area contributed by atoms with Crippen molar-refractivity contribution in [2.45, 2.75) is 11.1 Å². The molecule has 2 N–H and O–H groups in total. The molecule has 0 unspecified atom stereocenters. The lowest BCUT2D eigenvalue weighted by molar-refractivity contribution is -0.139. The highest BCUT2D eigenvalue weighted by molar-refractivity contribution is 7.89. The van der Waals surface area contributed by atoms with E-state index in [0.717, 1.165) is 18.2 Å².